The van der Waals surface area contributed by atoms with Gasteiger partial charge in [-0.1, -0.05) is 19.3 Å². The van der Waals surface area contributed by atoms with Crippen molar-refractivity contribution >= 4 is 0 Å². The summed E-state index contributed by atoms with van der Waals surface area (Å²) in [4.78, 5) is 0. The van der Waals surface area contributed by atoms with E-state index < -0.39 is 0 Å². The predicted octanol–water partition coefficient (Wildman–Crippen LogP) is -0.391. The van der Waals surface area contributed by atoms with E-state index in [0.29, 0.717) is 0 Å². The fourth-order valence-electron chi connectivity index (χ4n) is 0.898. The van der Waals surface area contributed by atoms with E-state index in [1.165, 1.54) is 32.1 Å². The molecule has 0 saturated heterocycles. The molecule has 1 aliphatic carbocycles. The first-order valence-corrected chi connectivity index (χ1v) is 2.82. The number of rotatable bonds is 0. The minimum absolute atomic E-state index is 0. The summed E-state index contributed by atoms with van der Waals surface area (Å²) in [7, 11) is 0. The smallest absolute Gasteiger partial charge is 0.358 e. The number of hydrogen-bond acceptors (Lipinski definition) is 0. The molecular formula is C7H14K-. The summed E-state index contributed by atoms with van der Waals surface area (Å²) >= 11 is 0. The van der Waals surface area contributed by atoms with Gasteiger partial charge in [0.2, 0.25) is 0 Å². The monoisotopic (exact) mass is 137 g/mol. The van der Waals surface area contributed by atoms with Crippen LogP contribution in [-0.2, 0) is 0 Å². The van der Waals surface area contributed by atoms with Crippen LogP contribution >= 0.6 is 0 Å². The molecule has 0 N–H and O–H groups in total. The fourth-order valence-corrected chi connectivity index (χ4v) is 0.898. The normalized spacial score (nSPS) is 18.0. The zero-order valence-corrected chi connectivity index (χ0v) is 9.24. The summed E-state index contributed by atoms with van der Waals surface area (Å²) in [5.74, 6) is 0. The topological polar surface area (TPSA) is 0 Å². The van der Waals surface area contributed by atoms with Crippen molar-refractivity contribution in [1.29, 1.82) is 0 Å². The second kappa shape index (κ2) is 8.64. The molecule has 0 spiro atoms. The van der Waals surface area contributed by atoms with Gasteiger partial charge in [0.1, 0.15) is 0 Å². The van der Waals surface area contributed by atoms with Crippen molar-refractivity contribution in [1.82, 2.24) is 0 Å². The van der Waals surface area contributed by atoms with Gasteiger partial charge in [-0.3, -0.25) is 0 Å². The third-order valence-electron chi connectivity index (χ3n) is 1.32. The van der Waals surface area contributed by atoms with E-state index in [1.807, 2.05) is 0 Å². The second-order valence-corrected chi connectivity index (χ2v) is 1.93. The van der Waals surface area contributed by atoms with Crippen LogP contribution < -0.4 is 51.4 Å². The predicted molar refractivity (Wildman–Crippen MR) is 33.8 cm³/mol. The second-order valence-electron chi connectivity index (χ2n) is 1.93. The van der Waals surface area contributed by atoms with Crippen LogP contribution in [0.25, 0.3) is 0 Å². The fraction of sp³-hybridized carbons (Fsp3) is 0.714. The third-order valence-corrected chi connectivity index (χ3v) is 1.32. The Balaban J connectivity index is 0. The molecule has 0 nitrogen and oxygen atoms in total. The molecule has 0 aliphatic heterocycles. The molecule has 1 aliphatic rings. The molecule has 0 aromatic rings. The van der Waals surface area contributed by atoms with Gasteiger partial charge >= 0.3 is 51.4 Å². The molecule has 0 heterocycles. The average molecular weight is 137 g/mol. The molecule has 1 rings (SSSR count). The van der Waals surface area contributed by atoms with Crippen molar-refractivity contribution in [3.8, 4) is 0 Å². The van der Waals surface area contributed by atoms with E-state index in [0.717, 1.165) is 0 Å². The molecule has 0 bridgehead atoms. The zero-order chi connectivity index (χ0) is 4.24. The van der Waals surface area contributed by atoms with Crippen molar-refractivity contribution in [3.63, 3.8) is 0 Å². The molecule has 1 fully saturated rings. The van der Waals surface area contributed by atoms with Crippen molar-refractivity contribution in [3.05, 3.63) is 13.8 Å². The van der Waals surface area contributed by atoms with Crippen molar-refractivity contribution < 1.29 is 51.4 Å². The summed E-state index contributed by atoms with van der Waals surface area (Å²) in [5.41, 5.74) is 0. The molecule has 1 heteroatoms. The summed E-state index contributed by atoms with van der Waals surface area (Å²) in [6.45, 7) is 0. The SMILES string of the molecule is [CH-]1CCCCC1.[CH3-].[K+]. The van der Waals surface area contributed by atoms with Gasteiger partial charge in [0.15, 0.2) is 0 Å². The summed E-state index contributed by atoms with van der Waals surface area (Å²) in [5, 5.41) is 0. The minimum Gasteiger partial charge on any atom is -0.358 e. The largest absolute Gasteiger partial charge is 1.00 e. The molecule has 0 unspecified atom stereocenters. The van der Waals surface area contributed by atoms with Crippen LogP contribution in [0, 0.1) is 13.8 Å². The molecule has 0 aromatic carbocycles. The first kappa shape index (κ1) is 12.3. The maximum Gasteiger partial charge on any atom is 1.00 e. The van der Waals surface area contributed by atoms with Crippen molar-refractivity contribution in [2.24, 2.45) is 0 Å². The first-order chi connectivity index (χ1) is 3.00. The standard InChI is InChI=1S/C6H11.CH3.K/c1-2-4-6-5-3-1;;/h1H,2-6H2;1H3;/q2*-1;+1. The molecule has 0 atom stereocenters. The molecule has 0 radical (unpaired) electrons. The van der Waals surface area contributed by atoms with Gasteiger partial charge in [-0.15, -0.1) is 0 Å². The van der Waals surface area contributed by atoms with Crippen LogP contribution in [0.3, 0.4) is 0 Å². The van der Waals surface area contributed by atoms with Crippen molar-refractivity contribution in [2.75, 3.05) is 0 Å². The van der Waals surface area contributed by atoms with Crippen LogP contribution in [0.2, 0.25) is 0 Å². The van der Waals surface area contributed by atoms with Crippen LogP contribution in [0.5, 0.6) is 0 Å². The Morgan fingerprint density at radius 1 is 0.875 bits per heavy atom. The van der Waals surface area contributed by atoms with Crippen LogP contribution in [0.15, 0.2) is 0 Å². The van der Waals surface area contributed by atoms with E-state index in [4.69, 9.17) is 0 Å². The van der Waals surface area contributed by atoms with Gasteiger partial charge in [0.25, 0.3) is 0 Å². The van der Waals surface area contributed by atoms with E-state index in [1.54, 1.807) is 0 Å². The Bertz CT molecular complexity index is 19.9. The molecule has 0 amide bonds. The van der Waals surface area contributed by atoms with Gasteiger partial charge < -0.3 is 13.8 Å². The Hall–Kier alpha value is 1.64. The Morgan fingerprint density at radius 2 is 1.38 bits per heavy atom. The van der Waals surface area contributed by atoms with Gasteiger partial charge in [0.05, 0.1) is 0 Å². The number of hydrogen-bond donors (Lipinski definition) is 0. The molecule has 8 heavy (non-hydrogen) atoms. The first-order valence-electron chi connectivity index (χ1n) is 2.82. The summed E-state index contributed by atoms with van der Waals surface area (Å²) < 4.78 is 0. The molecule has 44 valence electrons. The average Bonchev–Trinajstić information content (AvgIpc) is 1.72. The van der Waals surface area contributed by atoms with E-state index in [-0.39, 0.29) is 58.8 Å². The van der Waals surface area contributed by atoms with E-state index in [9.17, 15) is 0 Å². The van der Waals surface area contributed by atoms with Gasteiger partial charge in [-0.2, -0.15) is 12.8 Å². The summed E-state index contributed by atoms with van der Waals surface area (Å²) in [6.07, 6.45) is 9.50. The van der Waals surface area contributed by atoms with Crippen LogP contribution in [-0.4, -0.2) is 0 Å². The maximum atomic E-state index is 2.39. The van der Waals surface area contributed by atoms with Gasteiger partial charge in [-0.05, 0) is 0 Å². The quantitative estimate of drug-likeness (QED) is 0.315. The van der Waals surface area contributed by atoms with E-state index >= 15 is 0 Å². The van der Waals surface area contributed by atoms with Crippen LogP contribution in [0.4, 0.5) is 0 Å². The zero-order valence-electron chi connectivity index (χ0n) is 6.11. The van der Waals surface area contributed by atoms with Crippen LogP contribution in [0.1, 0.15) is 32.1 Å². The Kier molecular flexibility index (Phi) is 13.3. The molecular weight excluding hydrogens is 123 g/mol. The molecule has 1 saturated carbocycles. The third kappa shape index (κ3) is 5.77. The minimum atomic E-state index is 0. The Labute approximate surface area is 95.9 Å². The summed E-state index contributed by atoms with van der Waals surface area (Å²) in [6, 6.07) is 0. The van der Waals surface area contributed by atoms with Gasteiger partial charge in [0, 0.05) is 0 Å². The van der Waals surface area contributed by atoms with Crippen molar-refractivity contribution in [2.45, 2.75) is 32.1 Å². The van der Waals surface area contributed by atoms with Gasteiger partial charge in [-0.25, -0.2) is 0 Å². The Morgan fingerprint density at radius 3 is 1.50 bits per heavy atom. The maximum absolute atomic E-state index is 2.39. The molecule has 0 aromatic heterocycles. The van der Waals surface area contributed by atoms with E-state index in [2.05, 4.69) is 6.42 Å².